The highest BCUT2D eigenvalue weighted by Crippen LogP contribution is 2.20. The van der Waals surface area contributed by atoms with Crippen LogP contribution in [-0.4, -0.2) is 15.9 Å². The number of pyridine rings is 1. The maximum absolute atomic E-state index is 10.8. The van der Waals surface area contributed by atoms with Crippen LogP contribution in [0.1, 0.15) is 5.56 Å². The number of amides is 1. The number of carbonyl (C=O) groups is 1. The van der Waals surface area contributed by atoms with Gasteiger partial charge in [-0.15, -0.1) is 0 Å². The molecule has 2 aromatic heterocycles. The average molecular weight is 254 g/mol. The second kappa shape index (κ2) is 3.42. The van der Waals surface area contributed by atoms with Crippen molar-refractivity contribution in [2.24, 2.45) is 5.73 Å². The number of nitrogens with zero attached hydrogens (tertiary/aromatic N) is 1. The normalized spacial score (nSPS) is 10.6. The summed E-state index contributed by atoms with van der Waals surface area (Å²) in [5.74, 6) is -0.342. The molecule has 3 N–H and O–H groups in total. The number of carbonyl (C=O) groups excluding carboxylic acids is 1. The van der Waals surface area contributed by atoms with Crippen LogP contribution in [0.4, 0.5) is 0 Å². The van der Waals surface area contributed by atoms with Crippen molar-refractivity contribution in [3.63, 3.8) is 0 Å². The van der Waals surface area contributed by atoms with Gasteiger partial charge in [-0.2, -0.15) is 0 Å². The molecule has 1 amide bonds. The summed E-state index contributed by atoms with van der Waals surface area (Å²) in [6.07, 6.45) is 3.69. The van der Waals surface area contributed by atoms with Crippen LogP contribution < -0.4 is 5.73 Å². The Hall–Kier alpha value is -1.36. The minimum Gasteiger partial charge on any atom is -0.369 e. The van der Waals surface area contributed by atoms with E-state index in [1.165, 1.54) is 0 Å². The maximum Gasteiger partial charge on any atom is 0.221 e. The quantitative estimate of drug-likeness (QED) is 0.849. The van der Waals surface area contributed by atoms with Gasteiger partial charge in [-0.25, -0.2) is 4.98 Å². The number of hydrogen-bond donors (Lipinski definition) is 2. The summed E-state index contributed by atoms with van der Waals surface area (Å²) in [7, 11) is 0. The summed E-state index contributed by atoms with van der Waals surface area (Å²) < 4.78 is 0.885. The van der Waals surface area contributed by atoms with E-state index >= 15 is 0 Å². The van der Waals surface area contributed by atoms with Crippen molar-refractivity contribution in [2.75, 3.05) is 0 Å². The van der Waals surface area contributed by atoms with Gasteiger partial charge in [0.1, 0.15) is 5.65 Å². The predicted octanol–water partition coefficient (Wildman–Crippen LogP) is 1.35. The minimum atomic E-state index is -0.342. The molecule has 4 nitrogen and oxygen atoms in total. The van der Waals surface area contributed by atoms with E-state index in [1.807, 2.05) is 6.07 Å². The topological polar surface area (TPSA) is 71.8 Å². The van der Waals surface area contributed by atoms with Crippen LogP contribution in [0.5, 0.6) is 0 Å². The number of rotatable bonds is 2. The van der Waals surface area contributed by atoms with Crippen molar-refractivity contribution in [3.05, 3.63) is 28.5 Å². The van der Waals surface area contributed by atoms with Crippen molar-refractivity contribution in [1.82, 2.24) is 9.97 Å². The van der Waals surface area contributed by atoms with Crippen LogP contribution in [0.15, 0.2) is 22.9 Å². The number of halogens is 1. The molecule has 0 fully saturated rings. The van der Waals surface area contributed by atoms with E-state index in [9.17, 15) is 4.79 Å². The lowest BCUT2D eigenvalue weighted by atomic mass is 10.1. The zero-order valence-corrected chi connectivity index (χ0v) is 8.84. The number of hydrogen-bond acceptors (Lipinski definition) is 2. The van der Waals surface area contributed by atoms with Crippen LogP contribution in [0.25, 0.3) is 11.0 Å². The molecule has 5 heteroatoms. The van der Waals surface area contributed by atoms with E-state index in [0.717, 1.165) is 21.1 Å². The highest BCUT2D eigenvalue weighted by Gasteiger charge is 2.07. The van der Waals surface area contributed by atoms with Gasteiger partial charge in [0.2, 0.25) is 5.91 Å². The van der Waals surface area contributed by atoms with Gasteiger partial charge in [-0.3, -0.25) is 4.79 Å². The molecule has 0 aliphatic heterocycles. The Kier molecular flexibility index (Phi) is 2.25. The van der Waals surface area contributed by atoms with Gasteiger partial charge in [0, 0.05) is 22.3 Å². The molecule has 0 aromatic carbocycles. The van der Waals surface area contributed by atoms with Gasteiger partial charge >= 0.3 is 0 Å². The molecule has 0 saturated heterocycles. The molecule has 2 heterocycles. The van der Waals surface area contributed by atoms with Crippen molar-refractivity contribution >= 4 is 32.9 Å². The SMILES string of the molecule is NC(=O)Cc1c[nH]c2ncc(Br)cc12. The summed E-state index contributed by atoms with van der Waals surface area (Å²) in [4.78, 5) is 17.9. The largest absolute Gasteiger partial charge is 0.369 e. The first kappa shape index (κ1) is 9.21. The Labute approximate surface area is 88.6 Å². The van der Waals surface area contributed by atoms with Gasteiger partial charge in [-0.05, 0) is 27.6 Å². The molecule has 0 aliphatic carbocycles. The summed E-state index contributed by atoms with van der Waals surface area (Å²) in [5, 5.41) is 0.929. The number of aromatic nitrogens is 2. The monoisotopic (exact) mass is 253 g/mol. The molecule has 72 valence electrons. The lowest BCUT2D eigenvalue weighted by Crippen LogP contribution is -2.13. The lowest BCUT2D eigenvalue weighted by molar-refractivity contribution is -0.117. The molecule has 0 saturated carbocycles. The number of nitrogens with two attached hydrogens (primary N) is 1. The summed E-state index contributed by atoms with van der Waals surface area (Å²) in [6.45, 7) is 0. The van der Waals surface area contributed by atoms with Gasteiger partial charge < -0.3 is 10.7 Å². The highest BCUT2D eigenvalue weighted by molar-refractivity contribution is 9.10. The van der Waals surface area contributed by atoms with E-state index in [2.05, 4.69) is 25.9 Å². The van der Waals surface area contributed by atoms with E-state index in [1.54, 1.807) is 12.4 Å². The number of aromatic amines is 1. The number of nitrogens with one attached hydrogen (secondary N) is 1. The third-order valence-electron chi connectivity index (χ3n) is 1.95. The first-order chi connectivity index (χ1) is 6.66. The fourth-order valence-electron chi connectivity index (χ4n) is 1.37. The molecule has 0 spiro atoms. The molecular weight excluding hydrogens is 246 g/mol. The zero-order chi connectivity index (χ0) is 10.1. The molecule has 0 radical (unpaired) electrons. The average Bonchev–Trinajstić information content (AvgIpc) is 2.47. The second-order valence-corrected chi connectivity index (χ2v) is 3.92. The zero-order valence-electron chi connectivity index (χ0n) is 7.25. The summed E-state index contributed by atoms with van der Waals surface area (Å²) in [5.41, 5.74) is 6.77. The number of primary amides is 1. The van der Waals surface area contributed by atoms with Crippen molar-refractivity contribution < 1.29 is 4.79 Å². The van der Waals surface area contributed by atoms with E-state index < -0.39 is 0 Å². The van der Waals surface area contributed by atoms with Crippen LogP contribution in [0.2, 0.25) is 0 Å². The van der Waals surface area contributed by atoms with Gasteiger partial charge in [0.05, 0.1) is 6.42 Å². The van der Waals surface area contributed by atoms with Gasteiger partial charge in [-0.1, -0.05) is 0 Å². The molecule has 0 atom stereocenters. The van der Waals surface area contributed by atoms with E-state index in [-0.39, 0.29) is 12.3 Å². The highest BCUT2D eigenvalue weighted by atomic mass is 79.9. The standard InChI is InChI=1S/C9H8BrN3O/c10-6-2-7-5(1-8(11)14)3-12-9(7)13-4-6/h2-4H,1H2,(H2,11,14)(H,12,13). The Morgan fingerprint density at radius 2 is 2.43 bits per heavy atom. The molecule has 0 unspecified atom stereocenters. The van der Waals surface area contributed by atoms with Crippen LogP contribution in [0, 0.1) is 0 Å². The predicted molar refractivity (Wildman–Crippen MR) is 56.7 cm³/mol. The Bertz CT molecular complexity index is 492. The summed E-state index contributed by atoms with van der Waals surface area (Å²) in [6, 6.07) is 1.91. The van der Waals surface area contributed by atoms with Gasteiger partial charge in [0.25, 0.3) is 0 Å². The number of H-pyrrole nitrogens is 1. The lowest BCUT2D eigenvalue weighted by Gasteiger charge is -1.95. The van der Waals surface area contributed by atoms with Crippen molar-refractivity contribution in [2.45, 2.75) is 6.42 Å². The van der Waals surface area contributed by atoms with Crippen LogP contribution in [-0.2, 0) is 11.2 Å². The maximum atomic E-state index is 10.8. The van der Waals surface area contributed by atoms with Crippen molar-refractivity contribution in [3.8, 4) is 0 Å². The Morgan fingerprint density at radius 1 is 1.64 bits per heavy atom. The molecule has 14 heavy (non-hydrogen) atoms. The molecule has 2 rings (SSSR count). The number of fused-ring (bicyclic) bond motifs is 1. The molecular formula is C9H8BrN3O. The molecule has 0 aliphatic rings. The fraction of sp³-hybridized carbons (Fsp3) is 0.111. The second-order valence-electron chi connectivity index (χ2n) is 3.01. The Morgan fingerprint density at radius 3 is 3.14 bits per heavy atom. The Balaban J connectivity index is 2.55. The first-order valence-electron chi connectivity index (χ1n) is 4.06. The molecule has 0 bridgehead atoms. The van der Waals surface area contributed by atoms with Crippen LogP contribution >= 0.6 is 15.9 Å². The van der Waals surface area contributed by atoms with E-state index in [0.29, 0.717) is 0 Å². The van der Waals surface area contributed by atoms with Crippen LogP contribution in [0.3, 0.4) is 0 Å². The molecule has 2 aromatic rings. The fourth-order valence-corrected chi connectivity index (χ4v) is 1.70. The smallest absolute Gasteiger partial charge is 0.221 e. The van der Waals surface area contributed by atoms with Crippen molar-refractivity contribution in [1.29, 1.82) is 0 Å². The first-order valence-corrected chi connectivity index (χ1v) is 4.86. The third kappa shape index (κ3) is 1.63. The minimum absolute atomic E-state index is 0.234. The summed E-state index contributed by atoms with van der Waals surface area (Å²) >= 11 is 3.32. The van der Waals surface area contributed by atoms with Gasteiger partial charge in [0.15, 0.2) is 0 Å². The third-order valence-corrected chi connectivity index (χ3v) is 2.38. The van der Waals surface area contributed by atoms with E-state index in [4.69, 9.17) is 5.73 Å².